The predicted molar refractivity (Wildman–Crippen MR) is 62.3 cm³/mol. The van der Waals surface area contributed by atoms with E-state index in [1.807, 2.05) is 25.2 Å². The summed E-state index contributed by atoms with van der Waals surface area (Å²) >= 11 is 0. The summed E-state index contributed by atoms with van der Waals surface area (Å²) in [5, 5.41) is 0.627. The van der Waals surface area contributed by atoms with Crippen LogP contribution in [0.15, 0.2) is 29.1 Å². The van der Waals surface area contributed by atoms with E-state index in [4.69, 9.17) is 9.47 Å². The molecule has 2 rings (SSSR count). The predicted octanol–water partition coefficient (Wildman–Crippen LogP) is 1.56. The van der Waals surface area contributed by atoms with Gasteiger partial charge in [0.15, 0.2) is 0 Å². The first kappa shape index (κ1) is 10.5. The second kappa shape index (κ2) is 3.89. The van der Waals surface area contributed by atoms with E-state index in [9.17, 15) is 4.79 Å². The normalized spacial score (nSPS) is 10.4. The Bertz CT molecular complexity index is 587. The summed E-state index contributed by atoms with van der Waals surface area (Å²) in [5.74, 6) is 0.676. The maximum atomic E-state index is 12.1. The van der Waals surface area contributed by atoms with Crippen molar-refractivity contribution >= 4 is 10.9 Å². The lowest BCUT2D eigenvalue weighted by molar-refractivity contribution is 0.330. The lowest BCUT2D eigenvalue weighted by atomic mass is 10.2. The average molecular weight is 219 g/mol. The smallest absolute Gasteiger partial charge is 0.241 e. The maximum Gasteiger partial charge on any atom is 0.241 e. The highest BCUT2D eigenvalue weighted by Gasteiger charge is 2.15. The van der Waals surface area contributed by atoms with E-state index in [0.717, 1.165) is 5.52 Å². The Hall–Kier alpha value is -1.97. The fourth-order valence-electron chi connectivity index (χ4n) is 1.85. The molecule has 0 saturated carbocycles. The monoisotopic (exact) mass is 219 g/mol. The summed E-state index contributed by atoms with van der Waals surface area (Å²) < 4.78 is 12.1. The van der Waals surface area contributed by atoms with E-state index in [0.29, 0.717) is 11.3 Å². The number of methoxy groups -OCH3 is 2. The molecule has 0 aliphatic carbocycles. The van der Waals surface area contributed by atoms with Gasteiger partial charge in [-0.25, -0.2) is 0 Å². The number of fused-ring (bicyclic) bond motifs is 1. The summed E-state index contributed by atoms with van der Waals surface area (Å²) in [6.45, 7) is 0. The number of pyridine rings is 1. The van der Waals surface area contributed by atoms with Gasteiger partial charge in [0.1, 0.15) is 0 Å². The standard InChI is InChI=1S/C12H13NO3/c1-13-9-7-5-4-6-8(9)10(14)11(15-2)12(13)16-3/h4-7H,1-3H3. The fourth-order valence-corrected chi connectivity index (χ4v) is 1.85. The molecule has 0 amide bonds. The van der Waals surface area contributed by atoms with Crippen LogP contribution >= 0.6 is 0 Å². The molecule has 0 unspecified atom stereocenters. The molecule has 1 heterocycles. The fraction of sp³-hybridized carbons (Fsp3) is 0.250. The molecule has 0 radical (unpaired) electrons. The molecule has 4 nitrogen and oxygen atoms in total. The van der Waals surface area contributed by atoms with Crippen molar-refractivity contribution in [2.75, 3.05) is 14.2 Å². The SMILES string of the molecule is COc1c(OC)n(C)c2ccccc2c1=O. The van der Waals surface area contributed by atoms with Crippen LogP contribution < -0.4 is 14.9 Å². The van der Waals surface area contributed by atoms with Gasteiger partial charge in [0, 0.05) is 12.4 Å². The zero-order valence-electron chi connectivity index (χ0n) is 9.48. The van der Waals surface area contributed by atoms with Crippen LogP contribution in [-0.2, 0) is 7.05 Å². The van der Waals surface area contributed by atoms with Crippen LogP contribution in [0.4, 0.5) is 0 Å². The van der Waals surface area contributed by atoms with Crippen molar-refractivity contribution in [2.24, 2.45) is 7.05 Å². The Morgan fingerprint density at radius 3 is 2.44 bits per heavy atom. The van der Waals surface area contributed by atoms with Crippen molar-refractivity contribution in [2.45, 2.75) is 0 Å². The van der Waals surface area contributed by atoms with Crippen molar-refractivity contribution in [3.63, 3.8) is 0 Å². The largest absolute Gasteiger partial charge is 0.488 e. The number of rotatable bonds is 2. The Balaban J connectivity index is 2.99. The third-order valence-electron chi connectivity index (χ3n) is 2.61. The van der Waals surface area contributed by atoms with Crippen LogP contribution in [0.3, 0.4) is 0 Å². The van der Waals surface area contributed by atoms with Crippen LogP contribution in [0.25, 0.3) is 10.9 Å². The van der Waals surface area contributed by atoms with Crippen LogP contribution in [0, 0.1) is 0 Å². The number of ether oxygens (including phenoxy) is 2. The second-order valence-electron chi connectivity index (χ2n) is 3.45. The van der Waals surface area contributed by atoms with Gasteiger partial charge in [-0.1, -0.05) is 12.1 Å². The first-order valence-electron chi connectivity index (χ1n) is 4.90. The lowest BCUT2D eigenvalue weighted by Crippen LogP contribution is -2.13. The van der Waals surface area contributed by atoms with E-state index in [1.165, 1.54) is 14.2 Å². The molecule has 1 aromatic heterocycles. The summed E-state index contributed by atoms with van der Waals surface area (Å²) in [6, 6.07) is 7.36. The first-order chi connectivity index (χ1) is 7.70. The Labute approximate surface area is 93.0 Å². The Kier molecular flexibility index (Phi) is 2.56. The molecule has 0 aliphatic heterocycles. The molecule has 4 heteroatoms. The number of hydrogen-bond donors (Lipinski definition) is 0. The van der Waals surface area contributed by atoms with Crippen LogP contribution in [0.1, 0.15) is 0 Å². The van der Waals surface area contributed by atoms with Crippen molar-refractivity contribution in [3.05, 3.63) is 34.5 Å². The molecule has 0 atom stereocenters. The summed E-state index contributed by atoms with van der Waals surface area (Å²) in [7, 11) is 4.82. The molecule has 2 aromatic rings. The van der Waals surface area contributed by atoms with Gasteiger partial charge < -0.3 is 14.0 Å². The van der Waals surface area contributed by atoms with Gasteiger partial charge in [-0.05, 0) is 12.1 Å². The van der Waals surface area contributed by atoms with Crippen molar-refractivity contribution < 1.29 is 9.47 Å². The van der Waals surface area contributed by atoms with E-state index in [-0.39, 0.29) is 11.2 Å². The molecule has 0 aliphatic rings. The molecule has 0 fully saturated rings. The molecule has 16 heavy (non-hydrogen) atoms. The van der Waals surface area contributed by atoms with Crippen LogP contribution in [-0.4, -0.2) is 18.8 Å². The third-order valence-corrected chi connectivity index (χ3v) is 2.61. The molecule has 1 aromatic carbocycles. The number of para-hydroxylation sites is 1. The lowest BCUT2D eigenvalue weighted by Gasteiger charge is -2.14. The van der Waals surface area contributed by atoms with Gasteiger partial charge in [-0.2, -0.15) is 0 Å². The summed E-state index contributed by atoms with van der Waals surface area (Å²) in [4.78, 5) is 12.1. The number of nitrogens with zero attached hydrogens (tertiary/aromatic N) is 1. The summed E-state index contributed by atoms with van der Waals surface area (Å²) in [5.41, 5.74) is 0.679. The highest BCUT2D eigenvalue weighted by atomic mass is 16.5. The summed E-state index contributed by atoms with van der Waals surface area (Å²) in [6.07, 6.45) is 0. The number of aryl methyl sites for hydroxylation is 1. The van der Waals surface area contributed by atoms with Gasteiger partial charge in [-0.3, -0.25) is 4.79 Å². The van der Waals surface area contributed by atoms with Crippen molar-refractivity contribution in [1.29, 1.82) is 0 Å². The zero-order valence-corrected chi connectivity index (χ0v) is 9.48. The Morgan fingerprint density at radius 1 is 1.12 bits per heavy atom. The molecule has 0 saturated heterocycles. The van der Waals surface area contributed by atoms with E-state index in [2.05, 4.69) is 0 Å². The van der Waals surface area contributed by atoms with Gasteiger partial charge in [-0.15, -0.1) is 0 Å². The number of benzene rings is 1. The molecular formula is C12H13NO3. The van der Waals surface area contributed by atoms with E-state index < -0.39 is 0 Å². The van der Waals surface area contributed by atoms with E-state index in [1.54, 1.807) is 10.6 Å². The van der Waals surface area contributed by atoms with Crippen LogP contribution in [0.2, 0.25) is 0 Å². The van der Waals surface area contributed by atoms with E-state index >= 15 is 0 Å². The molecule has 0 spiro atoms. The van der Waals surface area contributed by atoms with Gasteiger partial charge >= 0.3 is 0 Å². The van der Waals surface area contributed by atoms with Gasteiger partial charge in [0.25, 0.3) is 0 Å². The molecule has 0 N–H and O–H groups in total. The maximum absolute atomic E-state index is 12.1. The minimum atomic E-state index is -0.145. The third kappa shape index (κ3) is 1.34. The minimum Gasteiger partial charge on any atom is -0.488 e. The Morgan fingerprint density at radius 2 is 1.81 bits per heavy atom. The van der Waals surface area contributed by atoms with Crippen molar-refractivity contribution in [1.82, 2.24) is 4.57 Å². The second-order valence-corrected chi connectivity index (χ2v) is 3.45. The van der Waals surface area contributed by atoms with Gasteiger partial charge in [0.05, 0.1) is 19.7 Å². The number of hydrogen-bond acceptors (Lipinski definition) is 3. The molecular weight excluding hydrogens is 206 g/mol. The quantitative estimate of drug-likeness (QED) is 0.769. The minimum absolute atomic E-state index is 0.145. The topological polar surface area (TPSA) is 40.5 Å². The highest BCUT2D eigenvalue weighted by molar-refractivity contribution is 5.81. The highest BCUT2D eigenvalue weighted by Crippen LogP contribution is 2.26. The van der Waals surface area contributed by atoms with Crippen LogP contribution in [0.5, 0.6) is 11.6 Å². The molecule has 0 bridgehead atoms. The van der Waals surface area contributed by atoms with Gasteiger partial charge in [0.2, 0.25) is 17.1 Å². The van der Waals surface area contributed by atoms with Crippen molar-refractivity contribution in [3.8, 4) is 11.6 Å². The zero-order chi connectivity index (χ0) is 11.7. The molecule has 84 valence electrons. The first-order valence-corrected chi connectivity index (χ1v) is 4.90. The number of aromatic nitrogens is 1. The average Bonchev–Trinajstić information content (AvgIpc) is 2.33.